The summed E-state index contributed by atoms with van der Waals surface area (Å²) in [6.07, 6.45) is 2.60. The fraction of sp³-hybridized carbons (Fsp3) is 0.923. The molecule has 16 heavy (non-hydrogen) atoms. The number of amides is 1. The monoisotopic (exact) mass is 227 g/mol. The molecule has 0 aliphatic rings. The second kappa shape index (κ2) is 5.55. The molecule has 0 aliphatic heterocycles. The molecular formula is C13H25NO2. The predicted molar refractivity (Wildman–Crippen MR) is 67.1 cm³/mol. The van der Waals surface area contributed by atoms with E-state index in [-0.39, 0.29) is 16.7 Å². The van der Waals surface area contributed by atoms with Crippen LogP contribution in [0.4, 0.5) is 0 Å². The van der Waals surface area contributed by atoms with Crippen LogP contribution in [0.25, 0.3) is 0 Å². The molecule has 3 heteroatoms. The van der Waals surface area contributed by atoms with Crippen molar-refractivity contribution in [2.45, 2.75) is 60.8 Å². The summed E-state index contributed by atoms with van der Waals surface area (Å²) in [5, 5.41) is 2.63. The Morgan fingerprint density at radius 2 is 1.62 bits per heavy atom. The standard InChI is InChI=1S/C13H25NO2/c1-7-12(3,4)9-10(11(15)14-16)13(5,6)8-2/h10H,7-9H2,1-6H3. The molecule has 0 saturated heterocycles. The highest BCUT2D eigenvalue weighted by atomic mass is 16.3. The predicted octanol–water partition coefficient (Wildman–Crippen LogP) is 4.16. The third-order valence-corrected chi connectivity index (χ3v) is 3.96. The highest BCUT2D eigenvalue weighted by molar-refractivity contribution is 5.80. The van der Waals surface area contributed by atoms with Gasteiger partial charge in [-0.3, -0.25) is 4.79 Å². The lowest BCUT2D eigenvalue weighted by atomic mass is 9.68. The molecule has 0 saturated carbocycles. The summed E-state index contributed by atoms with van der Waals surface area (Å²) in [5.41, 5.74) is -0.0745. The van der Waals surface area contributed by atoms with Crippen LogP contribution in [0, 0.1) is 21.7 Å². The van der Waals surface area contributed by atoms with Gasteiger partial charge in [-0.25, -0.2) is 0 Å². The van der Waals surface area contributed by atoms with Crippen LogP contribution >= 0.6 is 0 Å². The Balaban J connectivity index is 4.97. The van der Waals surface area contributed by atoms with Crippen LogP contribution in [0.1, 0.15) is 60.8 Å². The molecule has 0 N–H and O–H groups in total. The quantitative estimate of drug-likeness (QED) is 0.640. The van der Waals surface area contributed by atoms with Crippen molar-refractivity contribution in [1.82, 2.24) is 0 Å². The minimum atomic E-state index is -0.492. The lowest BCUT2D eigenvalue weighted by Crippen LogP contribution is -2.33. The Hall–Kier alpha value is -0.730. The largest absolute Gasteiger partial charge is 0.289 e. The lowest BCUT2D eigenvalue weighted by Gasteiger charge is -2.36. The van der Waals surface area contributed by atoms with E-state index in [4.69, 9.17) is 0 Å². The molecule has 1 amide bonds. The topological polar surface area (TPSA) is 46.5 Å². The Kier molecular flexibility index (Phi) is 5.30. The van der Waals surface area contributed by atoms with Crippen molar-refractivity contribution < 1.29 is 4.79 Å². The van der Waals surface area contributed by atoms with Gasteiger partial charge in [-0.05, 0) is 17.3 Å². The Morgan fingerprint density at radius 3 is 1.94 bits per heavy atom. The maximum Gasteiger partial charge on any atom is 0.289 e. The molecule has 1 unspecified atom stereocenters. The van der Waals surface area contributed by atoms with Crippen molar-refractivity contribution in [2.75, 3.05) is 0 Å². The third-order valence-electron chi connectivity index (χ3n) is 3.96. The number of rotatable bonds is 6. The zero-order valence-electron chi connectivity index (χ0n) is 11.5. The second-order valence-corrected chi connectivity index (χ2v) is 6.05. The Labute approximate surface area is 99.0 Å². The maximum absolute atomic E-state index is 11.6. The molecule has 94 valence electrons. The highest BCUT2D eigenvalue weighted by Crippen LogP contribution is 2.40. The normalized spacial score (nSPS) is 14.6. The molecule has 0 heterocycles. The number of carbonyl (C=O) groups is 1. The first-order valence-corrected chi connectivity index (χ1v) is 6.07. The number of hydrogen-bond acceptors (Lipinski definition) is 2. The Bertz CT molecular complexity index is 257. The van der Waals surface area contributed by atoms with Crippen LogP contribution in [0.3, 0.4) is 0 Å². The van der Waals surface area contributed by atoms with Crippen LogP contribution < -0.4 is 0 Å². The molecule has 0 aromatic heterocycles. The summed E-state index contributed by atoms with van der Waals surface area (Å²) in [4.78, 5) is 22.1. The highest BCUT2D eigenvalue weighted by Gasteiger charge is 2.37. The summed E-state index contributed by atoms with van der Waals surface area (Å²) in [6.45, 7) is 12.5. The van der Waals surface area contributed by atoms with E-state index in [9.17, 15) is 9.70 Å². The summed E-state index contributed by atoms with van der Waals surface area (Å²) in [6, 6.07) is 0. The zero-order chi connectivity index (χ0) is 13.0. The van der Waals surface area contributed by atoms with E-state index in [0.29, 0.717) is 0 Å². The van der Waals surface area contributed by atoms with Crippen molar-refractivity contribution in [3.8, 4) is 0 Å². The van der Waals surface area contributed by atoms with E-state index in [1.165, 1.54) is 0 Å². The van der Waals surface area contributed by atoms with Crippen molar-refractivity contribution in [3.05, 3.63) is 4.91 Å². The molecular weight excluding hydrogens is 202 g/mol. The summed E-state index contributed by atoms with van der Waals surface area (Å²) in [7, 11) is 0. The van der Waals surface area contributed by atoms with Crippen LogP contribution in [-0.4, -0.2) is 5.91 Å². The minimum Gasteiger partial charge on any atom is -0.269 e. The van der Waals surface area contributed by atoms with Gasteiger partial charge in [0.2, 0.25) is 0 Å². The van der Waals surface area contributed by atoms with Gasteiger partial charge < -0.3 is 0 Å². The lowest BCUT2D eigenvalue weighted by molar-refractivity contribution is -0.126. The van der Waals surface area contributed by atoms with E-state index in [0.717, 1.165) is 19.3 Å². The summed E-state index contributed by atoms with van der Waals surface area (Å²) < 4.78 is 0. The van der Waals surface area contributed by atoms with Crippen molar-refractivity contribution in [3.63, 3.8) is 0 Å². The molecule has 0 spiro atoms. The van der Waals surface area contributed by atoms with Gasteiger partial charge in [0.05, 0.1) is 0 Å². The zero-order valence-corrected chi connectivity index (χ0v) is 11.5. The fourth-order valence-corrected chi connectivity index (χ4v) is 1.70. The second-order valence-electron chi connectivity index (χ2n) is 6.05. The van der Waals surface area contributed by atoms with E-state index in [1.807, 2.05) is 20.8 Å². The molecule has 0 aromatic rings. The van der Waals surface area contributed by atoms with Crippen molar-refractivity contribution >= 4 is 5.91 Å². The maximum atomic E-state index is 11.6. The third kappa shape index (κ3) is 4.03. The molecule has 0 fully saturated rings. The molecule has 0 aliphatic carbocycles. The first-order valence-electron chi connectivity index (χ1n) is 6.07. The first-order chi connectivity index (χ1) is 7.20. The van der Waals surface area contributed by atoms with E-state index in [2.05, 4.69) is 25.9 Å². The smallest absolute Gasteiger partial charge is 0.269 e. The van der Waals surface area contributed by atoms with Crippen molar-refractivity contribution in [2.24, 2.45) is 21.9 Å². The van der Waals surface area contributed by atoms with E-state index < -0.39 is 5.91 Å². The molecule has 0 radical (unpaired) electrons. The molecule has 3 nitrogen and oxygen atoms in total. The van der Waals surface area contributed by atoms with Gasteiger partial charge in [0.1, 0.15) is 0 Å². The molecule has 0 rings (SSSR count). The molecule has 0 aromatic carbocycles. The van der Waals surface area contributed by atoms with Gasteiger partial charge in [0, 0.05) is 11.1 Å². The number of nitroso groups, excluding NO2 is 1. The van der Waals surface area contributed by atoms with Gasteiger partial charge in [-0.15, -0.1) is 4.91 Å². The van der Waals surface area contributed by atoms with Crippen LogP contribution in [0.15, 0.2) is 5.18 Å². The average Bonchev–Trinajstić information content (AvgIpc) is 2.24. The van der Waals surface area contributed by atoms with Gasteiger partial charge >= 0.3 is 0 Å². The van der Waals surface area contributed by atoms with Gasteiger partial charge in [-0.1, -0.05) is 54.4 Å². The van der Waals surface area contributed by atoms with Crippen LogP contribution in [0.2, 0.25) is 0 Å². The average molecular weight is 227 g/mol. The van der Waals surface area contributed by atoms with E-state index in [1.54, 1.807) is 0 Å². The summed E-state index contributed by atoms with van der Waals surface area (Å²) in [5.74, 6) is -0.752. The molecule has 1 atom stereocenters. The number of nitrogens with zero attached hydrogens (tertiary/aromatic N) is 1. The number of hydrogen-bond donors (Lipinski definition) is 0. The van der Waals surface area contributed by atoms with Crippen LogP contribution in [-0.2, 0) is 4.79 Å². The van der Waals surface area contributed by atoms with Crippen molar-refractivity contribution in [1.29, 1.82) is 0 Å². The number of carbonyl (C=O) groups excluding carboxylic acids is 1. The van der Waals surface area contributed by atoms with E-state index >= 15 is 0 Å². The summed E-state index contributed by atoms with van der Waals surface area (Å²) >= 11 is 0. The first kappa shape index (κ1) is 15.3. The van der Waals surface area contributed by atoms with Crippen LogP contribution in [0.5, 0.6) is 0 Å². The fourth-order valence-electron chi connectivity index (χ4n) is 1.70. The van der Waals surface area contributed by atoms with Gasteiger partial charge in [-0.2, -0.15) is 0 Å². The molecule has 0 bridgehead atoms. The van der Waals surface area contributed by atoms with Gasteiger partial charge in [0.25, 0.3) is 5.91 Å². The minimum absolute atomic E-state index is 0.0808. The SMILES string of the molecule is CCC(C)(C)CC(C(=O)N=O)C(C)(C)CC. The van der Waals surface area contributed by atoms with Gasteiger partial charge in [0.15, 0.2) is 0 Å². The Morgan fingerprint density at radius 1 is 1.12 bits per heavy atom.